The number of H-pyrrole nitrogens is 1. The quantitative estimate of drug-likeness (QED) is 0.599. The number of hydrogen-bond donors (Lipinski definition) is 1. The minimum Gasteiger partial charge on any atom is -0.357 e. The zero-order valence-electron chi connectivity index (χ0n) is 13.6. The molecule has 1 fully saturated rings. The molecule has 0 unspecified atom stereocenters. The molecule has 0 aromatic carbocycles. The molecular formula is C19H17N5S. The number of aromatic amines is 1. The Morgan fingerprint density at radius 1 is 1.00 bits per heavy atom. The first-order valence-corrected chi connectivity index (χ1v) is 9.30. The molecule has 6 heteroatoms. The molecular weight excluding hydrogens is 330 g/mol. The van der Waals surface area contributed by atoms with E-state index in [0.29, 0.717) is 0 Å². The largest absolute Gasteiger partial charge is 0.357 e. The van der Waals surface area contributed by atoms with E-state index in [-0.39, 0.29) is 0 Å². The highest BCUT2D eigenvalue weighted by Crippen LogP contribution is 2.33. The summed E-state index contributed by atoms with van der Waals surface area (Å²) >= 11 is 1.69. The summed E-state index contributed by atoms with van der Waals surface area (Å²) in [5.74, 6) is 1.07. The van der Waals surface area contributed by atoms with Crippen molar-refractivity contribution in [3.63, 3.8) is 0 Å². The van der Waals surface area contributed by atoms with Crippen LogP contribution in [-0.2, 0) is 0 Å². The third-order valence-electron chi connectivity index (χ3n) is 4.64. The average molecular weight is 347 g/mol. The number of thiophene rings is 1. The van der Waals surface area contributed by atoms with Crippen LogP contribution in [0.15, 0.2) is 48.9 Å². The molecule has 0 spiro atoms. The number of nitrogens with zero attached hydrogens (tertiary/aromatic N) is 4. The Morgan fingerprint density at radius 2 is 1.92 bits per heavy atom. The Morgan fingerprint density at radius 3 is 2.68 bits per heavy atom. The van der Waals surface area contributed by atoms with Crippen molar-refractivity contribution in [2.45, 2.75) is 12.8 Å². The van der Waals surface area contributed by atoms with Gasteiger partial charge in [0.1, 0.15) is 10.6 Å². The van der Waals surface area contributed by atoms with Crippen LogP contribution in [0.1, 0.15) is 12.8 Å². The minimum atomic E-state index is 0.966. The van der Waals surface area contributed by atoms with Crippen LogP contribution >= 0.6 is 11.3 Å². The molecule has 5 rings (SSSR count). The number of nitrogens with one attached hydrogen (secondary N) is 1. The number of hydrogen-bond acceptors (Lipinski definition) is 5. The van der Waals surface area contributed by atoms with Gasteiger partial charge < -0.3 is 4.90 Å². The van der Waals surface area contributed by atoms with Gasteiger partial charge in [-0.2, -0.15) is 5.10 Å². The number of fused-ring (bicyclic) bond motifs is 1. The first kappa shape index (κ1) is 14.6. The van der Waals surface area contributed by atoms with Gasteiger partial charge in [0.15, 0.2) is 0 Å². The number of rotatable bonds is 3. The van der Waals surface area contributed by atoms with E-state index in [9.17, 15) is 0 Å². The second-order valence-corrected chi connectivity index (χ2v) is 7.32. The van der Waals surface area contributed by atoms with Gasteiger partial charge in [0.05, 0.1) is 11.9 Å². The van der Waals surface area contributed by atoms with Crippen molar-refractivity contribution in [1.29, 1.82) is 0 Å². The predicted octanol–water partition coefficient (Wildman–Crippen LogP) is 4.35. The maximum Gasteiger partial charge on any atom is 0.128 e. The lowest BCUT2D eigenvalue weighted by Crippen LogP contribution is -2.18. The minimum absolute atomic E-state index is 0.966. The summed E-state index contributed by atoms with van der Waals surface area (Å²) in [6, 6.07) is 10.6. The summed E-state index contributed by atoms with van der Waals surface area (Å²) < 4.78 is 0. The fraction of sp³-hybridized carbons (Fsp3) is 0.211. The maximum absolute atomic E-state index is 4.84. The average Bonchev–Trinajstić information content (AvgIpc) is 3.42. The van der Waals surface area contributed by atoms with Gasteiger partial charge in [0.2, 0.25) is 0 Å². The Bertz CT molecular complexity index is 998. The van der Waals surface area contributed by atoms with Gasteiger partial charge in [0.25, 0.3) is 0 Å². The molecule has 0 bridgehead atoms. The van der Waals surface area contributed by atoms with E-state index in [1.807, 2.05) is 18.6 Å². The van der Waals surface area contributed by atoms with Crippen LogP contribution in [0.2, 0.25) is 0 Å². The van der Waals surface area contributed by atoms with Crippen molar-refractivity contribution in [3.8, 4) is 21.7 Å². The molecule has 1 N–H and O–H groups in total. The van der Waals surface area contributed by atoms with Crippen LogP contribution in [0.5, 0.6) is 0 Å². The molecule has 0 radical (unpaired) electrons. The lowest BCUT2D eigenvalue weighted by Gasteiger charge is -2.16. The summed E-state index contributed by atoms with van der Waals surface area (Å²) in [5.41, 5.74) is 3.12. The molecule has 5 heterocycles. The zero-order chi connectivity index (χ0) is 16.6. The Hall–Kier alpha value is -2.73. The van der Waals surface area contributed by atoms with Crippen LogP contribution in [0, 0.1) is 0 Å². The maximum atomic E-state index is 4.84. The van der Waals surface area contributed by atoms with E-state index in [1.54, 1.807) is 11.3 Å². The molecule has 0 aliphatic carbocycles. The summed E-state index contributed by atoms with van der Waals surface area (Å²) in [6.45, 7) is 2.23. The first-order chi connectivity index (χ1) is 12.4. The van der Waals surface area contributed by atoms with Crippen LogP contribution in [0.25, 0.3) is 31.9 Å². The highest BCUT2D eigenvalue weighted by atomic mass is 32.1. The third kappa shape index (κ3) is 2.68. The fourth-order valence-corrected chi connectivity index (χ4v) is 4.29. The highest BCUT2D eigenvalue weighted by molar-refractivity contribution is 7.21. The van der Waals surface area contributed by atoms with Gasteiger partial charge >= 0.3 is 0 Å². The van der Waals surface area contributed by atoms with Gasteiger partial charge in [0, 0.05) is 46.9 Å². The molecule has 4 aromatic heterocycles. The summed E-state index contributed by atoms with van der Waals surface area (Å²) in [5, 5.41) is 8.04. The van der Waals surface area contributed by atoms with Crippen molar-refractivity contribution in [2.24, 2.45) is 0 Å². The number of anilines is 1. The molecule has 0 saturated carbocycles. The van der Waals surface area contributed by atoms with Gasteiger partial charge in [-0.3, -0.25) is 5.10 Å². The van der Waals surface area contributed by atoms with E-state index in [2.05, 4.69) is 50.4 Å². The predicted molar refractivity (Wildman–Crippen MR) is 102 cm³/mol. The Kier molecular flexibility index (Phi) is 3.48. The van der Waals surface area contributed by atoms with E-state index in [1.165, 1.54) is 17.7 Å². The number of aromatic nitrogens is 4. The van der Waals surface area contributed by atoms with Gasteiger partial charge in [-0.25, -0.2) is 9.97 Å². The van der Waals surface area contributed by atoms with Gasteiger partial charge in [-0.15, -0.1) is 11.3 Å². The fourth-order valence-electron chi connectivity index (χ4n) is 3.28. The first-order valence-electron chi connectivity index (χ1n) is 8.48. The van der Waals surface area contributed by atoms with Crippen LogP contribution < -0.4 is 4.90 Å². The van der Waals surface area contributed by atoms with Crippen molar-refractivity contribution < 1.29 is 0 Å². The molecule has 1 saturated heterocycles. The zero-order valence-corrected chi connectivity index (χ0v) is 14.5. The second kappa shape index (κ2) is 5.97. The van der Waals surface area contributed by atoms with Gasteiger partial charge in [-0.05, 0) is 43.2 Å². The Balaban J connectivity index is 1.48. The Labute approximate surface area is 149 Å². The lowest BCUT2D eigenvalue weighted by molar-refractivity contribution is 0.938. The topological polar surface area (TPSA) is 57.7 Å². The molecule has 0 atom stereocenters. The van der Waals surface area contributed by atoms with Crippen molar-refractivity contribution in [1.82, 2.24) is 20.2 Å². The van der Waals surface area contributed by atoms with Crippen molar-refractivity contribution in [2.75, 3.05) is 18.0 Å². The van der Waals surface area contributed by atoms with E-state index in [0.717, 1.165) is 45.9 Å². The van der Waals surface area contributed by atoms with E-state index in [4.69, 9.17) is 4.98 Å². The molecule has 1 aliphatic heterocycles. The monoisotopic (exact) mass is 347 g/mol. The normalized spacial score (nSPS) is 14.5. The summed E-state index contributed by atoms with van der Waals surface area (Å²) in [7, 11) is 0. The van der Waals surface area contributed by atoms with Crippen LogP contribution in [0.4, 0.5) is 5.82 Å². The standard InChI is InChI=1S/C19H17N5S/c1-2-8-24(7-1)18-6-4-14(10-20-18)16-5-3-13-9-17(25-19(13)23-16)15-11-21-22-12-15/h3-6,9-12H,1-2,7-8H2,(H,21,22). The molecule has 1 aliphatic rings. The molecule has 5 nitrogen and oxygen atoms in total. The lowest BCUT2D eigenvalue weighted by atomic mass is 10.1. The molecule has 4 aromatic rings. The molecule has 0 amide bonds. The third-order valence-corrected chi connectivity index (χ3v) is 5.73. The SMILES string of the molecule is c1cc(N2CCCC2)ncc1-c1ccc2cc(-c3cn[nH]c3)sc2n1. The summed E-state index contributed by atoms with van der Waals surface area (Å²) in [6.07, 6.45) is 8.21. The molecule has 25 heavy (non-hydrogen) atoms. The van der Waals surface area contributed by atoms with E-state index >= 15 is 0 Å². The number of pyridine rings is 2. The summed E-state index contributed by atoms with van der Waals surface area (Å²) in [4.78, 5) is 14.0. The molecule has 124 valence electrons. The van der Waals surface area contributed by atoms with Crippen LogP contribution in [0.3, 0.4) is 0 Å². The van der Waals surface area contributed by atoms with E-state index < -0.39 is 0 Å². The van der Waals surface area contributed by atoms with Gasteiger partial charge in [-0.1, -0.05) is 0 Å². The highest BCUT2D eigenvalue weighted by Gasteiger charge is 2.14. The smallest absolute Gasteiger partial charge is 0.128 e. The van der Waals surface area contributed by atoms with Crippen molar-refractivity contribution >= 4 is 27.4 Å². The second-order valence-electron chi connectivity index (χ2n) is 6.29. The van der Waals surface area contributed by atoms with Crippen molar-refractivity contribution in [3.05, 3.63) is 48.9 Å². The van der Waals surface area contributed by atoms with Crippen LogP contribution in [-0.4, -0.2) is 33.3 Å².